The van der Waals surface area contributed by atoms with E-state index < -0.39 is 5.91 Å². The van der Waals surface area contributed by atoms with Crippen molar-refractivity contribution in [2.45, 2.75) is 25.4 Å². The largest absolute Gasteiger partial charge is 0.376 e. The maximum absolute atomic E-state index is 12.2. The highest BCUT2D eigenvalue weighted by Gasteiger charge is 2.18. The maximum Gasteiger partial charge on any atom is 0.253 e. The van der Waals surface area contributed by atoms with E-state index in [1.54, 1.807) is 30.3 Å². The van der Waals surface area contributed by atoms with Crippen LogP contribution in [0.1, 0.15) is 29.6 Å². The van der Waals surface area contributed by atoms with Crippen LogP contribution in [-0.2, 0) is 9.53 Å². The number of hydrogen-bond donors (Lipinski definition) is 2. The minimum atomic E-state index is -0.433. The first-order chi connectivity index (χ1) is 10.2. The molecule has 0 radical (unpaired) electrons. The molecule has 0 aliphatic carbocycles. The van der Waals surface area contributed by atoms with Crippen molar-refractivity contribution < 1.29 is 14.3 Å². The van der Waals surface area contributed by atoms with Gasteiger partial charge in [-0.25, -0.2) is 0 Å². The van der Waals surface area contributed by atoms with Gasteiger partial charge in [0.25, 0.3) is 5.91 Å². The molecule has 1 saturated heterocycles. The monoisotopic (exact) mass is 287 g/mol. The lowest BCUT2D eigenvalue weighted by molar-refractivity contribution is -0.115. The number of anilines is 1. The lowest BCUT2D eigenvalue weighted by Crippen LogP contribution is -2.32. The van der Waals surface area contributed by atoms with E-state index in [1.165, 1.54) is 0 Å². The number of carbonyl (C=O) groups excluding carboxylic acids is 2. The number of ether oxygens (including phenoxy) is 1. The van der Waals surface area contributed by atoms with Crippen LogP contribution in [0.3, 0.4) is 0 Å². The van der Waals surface area contributed by atoms with Crippen LogP contribution in [0.5, 0.6) is 0 Å². The summed E-state index contributed by atoms with van der Waals surface area (Å²) in [5, 5.41) is 13.9. The Bertz CT molecular complexity index is 560. The summed E-state index contributed by atoms with van der Waals surface area (Å²) < 4.78 is 5.45. The van der Waals surface area contributed by atoms with E-state index in [0.717, 1.165) is 19.4 Å². The number of nitriles is 1. The van der Waals surface area contributed by atoms with E-state index in [0.29, 0.717) is 17.8 Å². The number of nitrogens with one attached hydrogen (secondary N) is 2. The molecule has 6 heteroatoms. The molecule has 21 heavy (non-hydrogen) atoms. The van der Waals surface area contributed by atoms with E-state index >= 15 is 0 Å². The first-order valence-electron chi connectivity index (χ1n) is 6.86. The third-order valence-electron chi connectivity index (χ3n) is 3.20. The molecule has 1 atom stereocenters. The number of benzene rings is 1. The predicted octanol–water partition coefficient (Wildman–Crippen LogP) is 1.45. The number of hydrogen-bond acceptors (Lipinski definition) is 4. The summed E-state index contributed by atoms with van der Waals surface area (Å²) in [6, 6.07) is 8.48. The Morgan fingerprint density at radius 1 is 1.38 bits per heavy atom. The molecule has 2 N–H and O–H groups in total. The van der Waals surface area contributed by atoms with Crippen molar-refractivity contribution in [1.29, 1.82) is 5.26 Å². The van der Waals surface area contributed by atoms with Gasteiger partial charge in [-0.2, -0.15) is 5.26 Å². The number of carbonyl (C=O) groups is 2. The van der Waals surface area contributed by atoms with Crippen LogP contribution in [0.25, 0.3) is 0 Å². The summed E-state index contributed by atoms with van der Waals surface area (Å²) in [6.07, 6.45) is 1.78. The minimum absolute atomic E-state index is 0.0642. The summed E-state index contributed by atoms with van der Waals surface area (Å²) in [5.41, 5.74) is 0.782. The van der Waals surface area contributed by atoms with Crippen molar-refractivity contribution in [1.82, 2.24) is 5.32 Å². The minimum Gasteiger partial charge on any atom is -0.376 e. The molecule has 1 unspecified atom stereocenters. The zero-order chi connectivity index (χ0) is 15.1. The van der Waals surface area contributed by atoms with Gasteiger partial charge in [0.1, 0.15) is 6.42 Å². The highest BCUT2D eigenvalue weighted by Crippen LogP contribution is 2.16. The zero-order valence-electron chi connectivity index (χ0n) is 11.6. The quantitative estimate of drug-likeness (QED) is 0.857. The Labute approximate surface area is 123 Å². The van der Waals surface area contributed by atoms with Crippen molar-refractivity contribution in [2.24, 2.45) is 0 Å². The molecule has 1 aromatic carbocycles. The fourth-order valence-corrected chi connectivity index (χ4v) is 2.16. The molecule has 110 valence electrons. The predicted molar refractivity (Wildman–Crippen MR) is 76.6 cm³/mol. The first kappa shape index (κ1) is 15.0. The molecule has 1 aromatic rings. The van der Waals surface area contributed by atoms with Crippen molar-refractivity contribution in [3.63, 3.8) is 0 Å². The van der Waals surface area contributed by atoms with Gasteiger partial charge in [0.05, 0.1) is 23.4 Å². The fraction of sp³-hybridized carbons (Fsp3) is 0.400. The molecule has 1 heterocycles. The topological polar surface area (TPSA) is 91.2 Å². The Balaban J connectivity index is 1.99. The van der Waals surface area contributed by atoms with Crippen LogP contribution in [0.15, 0.2) is 24.3 Å². The zero-order valence-corrected chi connectivity index (χ0v) is 11.6. The SMILES string of the molecule is N#CCC(=O)Nc1ccccc1C(=O)NCC1CCCO1. The van der Waals surface area contributed by atoms with Crippen LogP contribution in [0.4, 0.5) is 5.69 Å². The van der Waals surface area contributed by atoms with Gasteiger partial charge in [0.15, 0.2) is 0 Å². The van der Waals surface area contributed by atoms with E-state index in [4.69, 9.17) is 10.00 Å². The summed E-state index contributed by atoms with van der Waals surface area (Å²) in [6.45, 7) is 1.20. The highest BCUT2D eigenvalue weighted by molar-refractivity contribution is 6.04. The van der Waals surface area contributed by atoms with Gasteiger partial charge in [-0.15, -0.1) is 0 Å². The second kappa shape index (κ2) is 7.41. The average Bonchev–Trinajstić information content (AvgIpc) is 2.99. The smallest absolute Gasteiger partial charge is 0.253 e. The van der Waals surface area contributed by atoms with Crippen LogP contribution in [0.2, 0.25) is 0 Å². The molecule has 0 aromatic heterocycles. The standard InChI is InChI=1S/C15H17N3O3/c16-8-7-14(19)18-13-6-2-1-5-12(13)15(20)17-10-11-4-3-9-21-11/h1-2,5-6,11H,3-4,7,9-10H2,(H,17,20)(H,18,19). The fourth-order valence-electron chi connectivity index (χ4n) is 2.16. The molecule has 2 rings (SSSR count). The summed E-state index contributed by atoms with van der Waals surface area (Å²) in [5.74, 6) is -0.699. The van der Waals surface area contributed by atoms with Gasteiger partial charge >= 0.3 is 0 Å². The van der Waals surface area contributed by atoms with Gasteiger partial charge in [-0.05, 0) is 25.0 Å². The Morgan fingerprint density at radius 3 is 2.90 bits per heavy atom. The van der Waals surface area contributed by atoms with Crippen molar-refractivity contribution >= 4 is 17.5 Å². The molecule has 1 fully saturated rings. The summed E-state index contributed by atoms with van der Waals surface area (Å²) in [7, 11) is 0. The van der Waals surface area contributed by atoms with Crippen LogP contribution >= 0.6 is 0 Å². The van der Waals surface area contributed by atoms with E-state index in [1.807, 2.05) is 0 Å². The van der Waals surface area contributed by atoms with Crippen molar-refractivity contribution in [3.05, 3.63) is 29.8 Å². The van der Waals surface area contributed by atoms with Gasteiger partial charge in [-0.3, -0.25) is 9.59 Å². The second-order valence-corrected chi connectivity index (χ2v) is 4.77. The molecule has 1 aliphatic rings. The number of nitrogens with zero attached hydrogens (tertiary/aromatic N) is 1. The third-order valence-corrected chi connectivity index (χ3v) is 3.20. The average molecular weight is 287 g/mol. The lowest BCUT2D eigenvalue weighted by Gasteiger charge is -2.13. The Hall–Kier alpha value is -2.39. The molecule has 6 nitrogen and oxygen atoms in total. The molecule has 1 aliphatic heterocycles. The number of para-hydroxylation sites is 1. The second-order valence-electron chi connectivity index (χ2n) is 4.77. The van der Waals surface area contributed by atoms with Gasteiger partial charge in [-0.1, -0.05) is 12.1 Å². The van der Waals surface area contributed by atoms with Crippen molar-refractivity contribution in [3.8, 4) is 6.07 Å². The Morgan fingerprint density at radius 2 is 2.19 bits per heavy atom. The van der Waals surface area contributed by atoms with Crippen molar-refractivity contribution in [2.75, 3.05) is 18.5 Å². The Kier molecular flexibility index (Phi) is 5.29. The molecule has 0 saturated carbocycles. The van der Waals surface area contributed by atoms with E-state index in [-0.39, 0.29) is 18.4 Å². The van der Waals surface area contributed by atoms with E-state index in [9.17, 15) is 9.59 Å². The highest BCUT2D eigenvalue weighted by atomic mass is 16.5. The maximum atomic E-state index is 12.2. The molecular formula is C15H17N3O3. The van der Waals surface area contributed by atoms with Gasteiger partial charge in [0.2, 0.25) is 5.91 Å². The summed E-state index contributed by atoms with van der Waals surface area (Å²) in [4.78, 5) is 23.6. The van der Waals surface area contributed by atoms with Gasteiger partial charge < -0.3 is 15.4 Å². The molecular weight excluding hydrogens is 270 g/mol. The van der Waals surface area contributed by atoms with Crippen LogP contribution < -0.4 is 10.6 Å². The first-order valence-corrected chi connectivity index (χ1v) is 6.86. The molecule has 0 spiro atoms. The van der Waals surface area contributed by atoms with Crippen LogP contribution in [0, 0.1) is 11.3 Å². The van der Waals surface area contributed by atoms with E-state index in [2.05, 4.69) is 10.6 Å². The normalized spacial score (nSPS) is 17.0. The molecule has 0 bridgehead atoms. The van der Waals surface area contributed by atoms with Gasteiger partial charge in [0, 0.05) is 13.2 Å². The van der Waals surface area contributed by atoms with Crippen LogP contribution in [-0.4, -0.2) is 31.1 Å². The lowest BCUT2D eigenvalue weighted by atomic mass is 10.1. The third kappa shape index (κ3) is 4.29. The summed E-state index contributed by atoms with van der Waals surface area (Å²) >= 11 is 0. The number of amides is 2. The number of rotatable bonds is 5. The molecule has 2 amide bonds.